The fourth-order valence-electron chi connectivity index (χ4n) is 2.96. The molecule has 2 aromatic rings. The van der Waals surface area contributed by atoms with E-state index in [0.29, 0.717) is 19.6 Å². The van der Waals surface area contributed by atoms with E-state index in [4.69, 9.17) is 4.74 Å². The van der Waals surface area contributed by atoms with Crippen molar-refractivity contribution in [3.05, 3.63) is 59.7 Å². The van der Waals surface area contributed by atoms with Crippen LogP contribution < -0.4 is 9.64 Å². The lowest BCUT2D eigenvalue weighted by Crippen LogP contribution is -2.36. The second-order valence-electron chi connectivity index (χ2n) is 6.52. The van der Waals surface area contributed by atoms with E-state index in [1.165, 1.54) is 6.92 Å². The fourth-order valence-corrected chi connectivity index (χ4v) is 2.96. The molecule has 0 radical (unpaired) electrons. The number of rotatable bonds is 8. The third kappa shape index (κ3) is 5.84. The number of carbonyl (C=O) groups is 2. The summed E-state index contributed by atoms with van der Waals surface area (Å²) in [6, 6.07) is 15.5. The molecule has 2 rings (SSSR count). The zero-order chi connectivity index (χ0) is 19.8. The van der Waals surface area contributed by atoms with Gasteiger partial charge in [-0.1, -0.05) is 24.3 Å². The number of methoxy groups -OCH3 is 1. The van der Waals surface area contributed by atoms with Gasteiger partial charge in [-0.05, 0) is 49.2 Å². The average Bonchev–Trinajstić information content (AvgIpc) is 2.66. The summed E-state index contributed by atoms with van der Waals surface area (Å²) in [4.78, 5) is 28.2. The molecular formula is C22H28N2O3. The number of aryl methyl sites for hydroxylation is 1. The SMILES string of the molecule is CCN(C(=O)CCN(Cc1ccc(OC)cc1)C(C)=O)c1cccc(C)c1. The number of amides is 2. The van der Waals surface area contributed by atoms with Crippen molar-refractivity contribution in [3.8, 4) is 5.75 Å². The van der Waals surface area contributed by atoms with E-state index in [1.807, 2.05) is 62.4 Å². The van der Waals surface area contributed by atoms with Gasteiger partial charge in [0.15, 0.2) is 0 Å². The lowest BCUT2D eigenvalue weighted by atomic mass is 10.2. The minimum Gasteiger partial charge on any atom is -0.497 e. The molecule has 0 saturated carbocycles. The fraction of sp³-hybridized carbons (Fsp3) is 0.364. The topological polar surface area (TPSA) is 49.9 Å². The van der Waals surface area contributed by atoms with E-state index < -0.39 is 0 Å². The van der Waals surface area contributed by atoms with Gasteiger partial charge in [-0.15, -0.1) is 0 Å². The van der Waals surface area contributed by atoms with Gasteiger partial charge in [0.05, 0.1) is 7.11 Å². The number of carbonyl (C=O) groups excluding carboxylic acids is 2. The Morgan fingerprint density at radius 1 is 1.07 bits per heavy atom. The predicted molar refractivity (Wildman–Crippen MR) is 108 cm³/mol. The molecule has 144 valence electrons. The van der Waals surface area contributed by atoms with Gasteiger partial charge in [0, 0.05) is 38.7 Å². The molecule has 0 fully saturated rings. The van der Waals surface area contributed by atoms with Crippen LogP contribution in [0.3, 0.4) is 0 Å². The van der Waals surface area contributed by atoms with Crippen molar-refractivity contribution in [2.45, 2.75) is 33.7 Å². The third-order valence-electron chi connectivity index (χ3n) is 4.50. The molecule has 0 bridgehead atoms. The van der Waals surface area contributed by atoms with Gasteiger partial charge in [-0.3, -0.25) is 9.59 Å². The maximum Gasteiger partial charge on any atom is 0.228 e. The van der Waals surface area contributed by atoms with E-state index in [-0.39, 0.29) is 18.2 Å². The molecule has 2 aromatic carbocycles. The first kappa shape index (κ1) is 20.5. The summed E-state index contributed by atoms with van der Waals surface area (Å²) < 4.78 is 5.16. The molecule has 0 aliphatic heterocycles. The number of benzene rings is 2. The molecule has 27 heavy (non-hydrogen) atoms. The Bertz CT molecular complexity index is 771. The van der Waals surface area contributed by atoms with E-state index in [1.54, 1.807) is 16.9 Å². The first-order valence-electron chi connectivity index (χ1n) is 9.20. The molecule has 0 N–H and O–H groups in total. The number of hydrogen-bond donors (Lipinski definition) is 0. The highest BCUT2D eigenvalue weighted by atomic mass is 16.5. The first-order valence-corrected chi connectivity index (χ1v) is 9.20. The third-order valence-corrected chi connectivity index (χ3v) is 4.50. The van der Waals surface area contributed by atoms with Crippen LogP contribution in [0.15, 0.2) is 48.5 Å². The Balaban J connectivity index is 2.01. The number of nitrogens with zero attached hydrogens (tertiary/aromatic N) is 2. The number of ether oxygens (including phenoxy) is 1. The van der Waals surface area contributed by atoms with Crippen molar-refractivity contribution < 1.29 is 14.3 Å². The van der Waals surface area contributed by atoms with Gasteiger partial charge < -0.3 is 14.5 Å². The van der Waals surface area contributed by atoms with Crippen molar-refractivity contribution in [3.63, 3.8) is 0 Å². The quantitative estimate of drug-likeness (QED) is 0.712. The zero-order valence-electron chi connectivity index (χ0n) is 16.6. The van der Waals surface area contributed by atoms with Crippen molar-refractivity contribution in [2.75, 3.05) is 25.1 Å². The minimum absolute atomic E-state index is 0.0177. The normalized spacial score (nSPS) is 10.4. The van der Waals surface area contributed by atoms with E-state index in [9.17, 15) is 9.59 Å². The van der Waals surface area contributed by atoms with E-state index in [0.717, 1.165) is 22.6 Å². The molecule has 2 amide bonds. The second-order valence-corrected chi connectivity index (χ2v) is 6.52. The summed E-state index contributed by atoms with van der Waals surface area (Å²) in [5, 5.41) is 0. The van der Waals surface area contributed by atoms with Crippen LogP contribution in [0.4, 0.5) is 5.69 Å². The highest BCUT2D eigenvalue weighted by molar-refractivity contribution is 5.93. The van der Waals surface area contributed by atoms with Crippen LogP contribution in [0.25, 0.3) is 0 Å². The Morgan fingerprint density at radius 2 is 1.78 bits per heavy atom. The maximum absolute atomic E-state index is 12.7. The summed E-state index contributed by atoms with van der Waals surface area (Å²) in [7, 11) is 1.62. The minimum atomic E-state index is -0.0442. The highest BCUT2D eigenvalue weighted by Gasteiger charge is 2.17. The lowest BCUT2D eigenvalue weighted by Gasteiger charge is -2.25. The van der Waals surface area contributed by atoms with Gasteiger partial charge in [-0.2, -0.15) is 0 Å². The number of anilines is 1. The molecule has 0 aliphatic rings. The van der Waals surface area contributed by atoms with E-state index in [2.05, 4.69) is 0 Å². The summed E-state index contributed by atoms with van der Waals surface area (Å²) in [6.45, 7) is 6.97. The first-order chi connectivity index (χ1) is 12.9. The summed E-state index contributed by atoms with van der Waals surface area (Å²) in [6.07, 6.45) is 0.289. The Labute approximate surface area is 161 Å². The predicted octanol–water partition coefficient (Wildman–Crippen LogP) is 3.80. The van der Waals surface area contributed by atoms with Gasteiger partial charge in [0.1, 0.15) is 5.75 Å². The van der Waals surface area contributed by atoms with Crippen LogP contribution in [0.1, 0.15) is 31.4 Å². The average molecular weight is 368 g/mol. The van der Waals surface area contributed by atoms with Gasteiger partial charge >= 0.3 is 0 Å². The summed E-state index contributed by atoms with van der Waals surface area (Å²) >= 11 is 0. The van der Waals surface area contributed by atoms with Gasteiger partial charge in [0.25, 0.3) is 0 Å². The monoisotopic (exact) mass is 368 g/mol. The maximum atomic E-state index is 12.7. The largest absolute Gasteiger partial charge is 0.497 e. The van der Waals surface area contributed by atoms with Crippen LogP contribution >= 0.6 is 0 Å². The van der Waals surface area contributed by atoms with Crippen molar-refractivity contribution in [2.24, 2.45) is 0 Å². The van der Waals surface area contributed by atoms with Crippen LogP contribution in [0, 0.1) is 6.92 Å². The molecule has 0 saturated heterocycles. The molecule has 0 atom stereocenters. The Hall–Kier alpha value is -2.82. The van der Waals surface area contributed by atoms with Gasteiger partial charge in [0.2, 0.25) is 11.8 Å². The molecule has 0 aliphatic carbocycles. The van der Waals surface area contributed by atoms with Crippen molar-refractivity contribution in [1.82, 2.24) is 4.90 Å². The Morgan fingerprint density at radius 3 is 2.33 bits per heavy atom. The second kappa shape index (κ2) is 9.76. The summed E-state index contributed by atoms with van der Waals surface area (Å²) in [5.41, 5.74) is 3.01. The van der Waals surface area contributed by atoms with Gasteiger partial charge in [-0.25, -0.2) is 0 Å². The van der Waals surface area contributed by atoms with Crippen molar-refractivity contribution in [1.29, 1.82) is 0 Å². The molecular weight excluding hydrogens is 340 g/mol. The molecule has 0 unspecified atom stereocenters. The summed E-state index contributed by atoms with van der Waals surface area (Å²) in [5.74, 6) is 0.751. The van der Waals surface area contributed by atoms with Crippen molar-refractivity contribution >= 4 is 17.5 Å². The molecule has 0 heterocycles. The molecule has 5 nitrogen and oxygen atoms in total. The molecule has 0 aromatic heterocycles. The van der Waals surface area contributed by atoms with Crippen LogP contribution in [0.5, 0.6) is 5.75 Å². The molecule has 5 heteroatoms. The molecule has 0 spiro atoms. The van der Waals surface area contributed by atoms with Crippen LogP contribution in [-0.4, -0.2) is 36.9 Å². The van der Waals surface area contributed by atoms with Crippen LogP contribution in [0.2, 0.25) is 0 Å². The van der Waals surface area contributed by atoms with E-state index >= 15 is 0 Å². The lowest BCUT2D eigenvalue weighted by molar-refractivity contribution is -0.130. The number of hydrogen-bond acceptors (Lipinski definition) is 3. The zero-order valence-corrected chi connectivity index (χ0v) is 16.6. The Kier molecular flexibility index (Phi) is 7.41. The van der Waals surface area contributed by atoms with Crippen LogP contribution in [-0.2, 0) is 16.1 Å². The highest BCUT2D eigenvalue weighted by Crippen LogP contribution is 2.18. The standard InChI is InChI=1S/C22H28N2O3/c1-5-24(20-8-6-7-17(2)15-20)22(26)13-14-23(18(3)25)16-19-9-11-21(27-4)12-10-19/h6-12,15H,5,13-14,16H2,1-4H3. The smallest absolute Gasteiger partial charge is 0.228 e.